The summed E-state index contributed by atoms with van der Waals surface area (Å²) in [6.45, 7) is 3.95. The highest BCUT2D eigenvalue weighted by atomic mass is 35.5. The van der Waals surface area contributed by atoms with Crippen LogP contribution in [0, 0.1) is 6.92 Å². The summed E-state index contributed by atoms with van der Waals surface area (Å²) in [6.07, 6.45) is 4.67. The molecule has 4 aromatic rings. The number of anilines is 1. The van der Waals surface area contributed by atoms with Crippen LogP contribution in [0.5, 0.6) is 5.88 Å². The number of hydrogen-bond donors (Lipinski definition) is 1. The first-order chi connectivity index (χ1) is 16.6. The Balaban J connectivity index is 1.44. The number of aromatic nitrogens is 3. The Morgan fingerprint density at radius 1 is 0.971 bits per heavy atom. The smallest absolute Gasteiger partial charge is 0.251 e. The predicted octanol–water partition coefficient (Wildman–Crippen LogP) is 6.24. The van der Waals surface area contributed by atoms with Crippen LogP contribution in [-0.4, -0.2) is 33.3 Å². The zero-order valence-electron chi connectivity index (χ0n) is 19.2. The molecule has 0 amide bonds. The van der Waals surface area contributed by atoms with E-state index in [0.29, 0.717) is 10.8 Å². The quantitative estimate of drug-likeness (QED) is 0.319. The van der Waals surface area contributed by atoms with E-state index in [-0.39, 0.29) is 5.88 Å². The fourth-order valence-electron chi connectivity index (χ4n) is 4.39. The molecular formula is C27H27ClN4O2. The van der Waals surface area contributed by atoms with Crippen molar-refractivity contribution in [3.63, 3.8) is 0 Å². The molecule has 5 rings (SSSR count). The summed E-state index contributed by atoms with van der Waals surface area (Å²) in [5, 5.41) is 13.6. The summed E-state index contributed by atoms with van der Waals surface area (Å²) in [6, 6.07) is 17.9. The van der Waals surface area contributed by atoms with Crippen molar-refractivity contribution >= 4 is 17.4 Å². The minimum atomic E-state index is -0.0608. The van der Waals surface area contributed by atoms with Crippen LogP contribution in [0.4, 0.5) is 5.82 Å². The largest absolute Gasteiger partial charge is 0.491 e. The molecule has 2 aromatic heterocycles. The molecule has 7 heteroatoms. The first-order valence-corrected chi connectivity index (χ1v) is 12.1. The Morgan fingerprint density at radius 3 is 2.38 bits per heavy atom. The van der Waals surface area contributed by atoms with Gasteiger partial charge in [-0.2, -0.15) is 0 Å². The molecule has 0 saturated carbocycles. The molecule has 174 valence electrons. The molecule has 0 fully saturated rings. The molecule has 6 nitrogen and oxygen atoms in total. The lowest BCUT2D eigenvalue weighted by Crippen LogP contribution is -2.32. The molecule has 0 bridgehead atoms. The van der Waals surface area contributed by atoms with E-state index in [9.17, 15) is 5.11 Å². The molecule has 0 atom stereocenters. The normalized spacial score (nSPS) is 13.2. The maximum absolute atomic E-state index is 9.34. The number of aromatic hydroxyl groups is 1. The summed E-state index contributed by atoms with van der Waals surface area (Å²) < 4.78 is 5.10. The average molecular weight is 475 g/mol. The molecule has 3 heterocycles. The molecule has 0 radical (unpaired) electrons. The van der Waals surface area contributed by atoms with Gasteiger partial charge in [-0.25, -0.2) is 9.97 Å². The maximum atomic E-state index is 9.34. The van der Waals surface area contributed by atoms with Crippen LogP contribution in [0.25, 0.3) is 22.5 Å². The Kier molecular flexibility index (Phi) is 6.50. The van der Waals surface area contributed by atoms with Gasteiger partial charge in [-0.3, -0.25) is 0 Å². The SMILES string of the molecule is Cc1ccc(-c2nc3c(nc2-c2ccc(Cl)cc2)N(CCCCc2cc(O)no2)CCC3)cc1. The van der Waals surface area contributed by atoms with E-state index in [1.54, 1.807) is 6.07 Å². The van der Waals surface area contributed by atoms with Crippen molar-refractivity contribution in [1.29, 1.82) is 0 Å². The fraction of sp³-hybridized carbons (Fsp3) is 0.296. The highest BCUT2D eigenvalue weighted by Gasteiger charge is 2.23. The number of fused-ring (bicyclic) bond motifs is 1. The van der Waals surface area contributed by atoms with Gasteiger partial charge >= 0.3 is 0 Å². The summed E-state index contributed by atoms with van der Waals surface area (Å²) in [7, 11) is 0. The van der Waals surface area contributed by atoms with Gasteiger partial charge in [0.1, 0.15) is 5.76 Å². The summed E-state index contributed by atoms with van der Waals surface area (Å²) in [5.74, 6) is 1.63. The topological polar surface area (TPSA) is 75.3 Å². The molecule has 34 heavy (non-hydrogen) atoms. The van der Waals surface area contributed by atoms with E-state index in [4.69, 9.17) is 26.1 Å². The third-order valence-electron chi connectivity index (χ3n) is 6.18. The lowest BCUT2D eigenvalue weighted by atomic mass is 10.0. The van der Waals surface area contributed by atoms with Crippen molar-refractivity contribution in [1.82, 2.24) is 15.1 Å². The molecule has 0 spiro atoms. The summed E-state index contributed by atoms with van der Waals surface area (Å²) in [5.41, 5.74) is 6.13. The lowest BCUT2D eigenvalue weighted by Gasteiger charge is -2.30. The number of benzene rings is 2. The van der Waals surface area contributed by atoms with Crippen LogP contribution in [0.15, 0.2) is 59.1 Å². The highest BCUT2D eigenvalue weighted by Crippen LogP contribution is 2.35. The zero-order chi connectivity index (χ0) is 23.5. The van der Waals surface area contributed by atoms with Crippen LogP contribution >= 0.6 is 11.6 Å². The number of hydrogen-bond acceptors (Lipinski definition) is 6. The molecule has 0 aliphatic carbocycles. The monoisotopic (exact) mass is 474 g/mol. The third kappa shape index (κ3) is 4.92. The predicted molar refractivity (Wildman–Crippen MR) is 134 cm³/mol. The Bertz CT molecular complexity index is 1270. The molecule has 1 N–H and O–H groups in total. The number of rotatable bonds is 7. The maximum Gasteiger partial charge on any atom is 0.251 e. The van der Waals surface area contributed by atoms with Crippen molar-refractivity contribution in [2.24, 2.45) is 0 Å². The van der Waals surface area contributed by atoms with Gasteiger partial charge in [0.15, 0.2) is 5.82 Å². The molecule has 0 saturated heterocycles. The first-order valence-electron chi connectivity index (χ1n) is 11.7. The standard InChI is InChI=1S/C27H27ClN4O2/c1-18-7-9-19(10-8-18)25-26(20-11-13-21(28)14-12-20)30-27-23(29-25)6-4-16-32(27)15-3-2-5-22-17-24(33)31-34-22/h7-14,17H,2-6,15-16H2,1H3,(H,31,33). The highest BCUT2D eigenvalue weighted by molar-refractivity contribution is 6.30. The van der Waals surface area contributed by atoms with Gasteiger partial charge in [0.2, 0.25) is 0 Å². The number of nitrogens with zero attached hydrogens (tertiary/aromatic N) is 4. The fourth-order valence-corrected chi connectivity index (χ4v) is 4.51. The number of unbranched alkanes of at least 4 members (excludes halogenated alkanes) is 1. The van der Waals surface area contributed by atoms with Gasteiger partial charge in [0.25, 0.3) is 5.88 Å². The van der Waals surface area contributed by atoms with Crippen molar-refractivity contribution < 1.29 is 9.63 Å². The second-order valence-electron chi connectivity index (χ2n) is 8.76. The van der Waals surface area contributed by atoms with Crippen LogP contribution in [-0.2, 0) is 12.8 Å². The third-order valence-corrected chi connectivity index (χ3v) is 6.43. The molecule has 0 unspecified atom stereocenters. The van der Waals surface area contributed by atoms with Crippen molar-refractivity contribution in [3.05, 3.63) is 76.6 Å². The van der Waals surface area contributed by atoms with Gasteiger partial charge in [-0.15, -0.1) is 0 Å². The van der Waals surface area contributed by atoms with Gasteiger partial charge in [-0.05, 0) is 49.9 Å². The Hall–Kier alpha value is -3.38. The molecule has 2 aromatic carbocycles. The zero-order valence-corrected chi connectivity index (χ0v) is 19.9. The van der Waals surface area contributed by atoms with E-state index in [1.165, 1.54) is 5.56 Å². The van der Waals surface area contributed by atoms with Crippen molar-refractivity contribution in [2.75, 3.05) is 18.0 Å². The minimum absolute atomic E-state index is 0.0608. The van der Waals surface area contributed by atoms with E-state index >= 15 is 0 Å². The second-order valence-corrected chi connectivity index (χ2v) is 9.20. The molecule has 1 aliphatic heterocycles. The number of aryl methyl sites for hydroxylation is 3. The van der Waals surface area contributed by atoms with Crippen LogP contribution < -0.4 is 4.90 Å². The summed E-state index contributed by atoms with van der Waals surface area (Å²) in [4.78, 5) is 12.7. The first kappa shape index (κ1) is 22.4. The van der Waals surface area contributed by atoms with Gasteiger partial charge in [-0.1, -0.05) is 53.6 Å². The van der Waals surface area contributed by atoms with Gasteiger partial charge in [0.05, 0.1) is 17.1 Å². The lowest BCUT2D eigenvalue weighted by molar-refractivity contribution is 0.339. The van der Waals surface area contributed by atoms with E-state index in [0.717, 1.165) is 79.2 Å². The van der Waals surface area contributed by atoms with Crippen molar-refractivity contribution in [2.45, 2.75) is 39.0 Å². The number of halogens is 1. The van der Waals surface area contributed by atoms with E-state index < -0.39 is 0 Å². The second kappa shape index (κ2) is 9.85. The summed E-state index contributed by atoms with van der Waals surface area (Å²) >= 11 is 6.16. The van der Waals surface area contributed by atoms with Crippen molar-refractivity contribution in [3.8, 4) is 28.4 Å². The molecule has 1 aliphatic rings. The van der Waals surface area contributed by atoms with E-state index in [2.05, 4.69) is 41.2 Å². The van der Waals surface area contributed by atoms with Gasteiger partial charge in [0, 0.05) is 41.7 Å². The van der Waals surface area contributed by atoms with Crippen LogP contribution in [0.2, 0.25) is 5.02 Å². The van der Waals surface area contributed by atoms with Gasteiger partial charge < -0.3 is 14.5 Å². The average Bonchev–Trinajstić information content (AvgIpc) is 3.27. The Morgan fingerprint density at radius 2 is 1.68 bits per heavy atom. The van der Waals surface area contributed by atoms with E-state index in [1.807, 2.05) is 24.3 Å². The minimum Gasteiger partial charge on any atom is -0.491 e. The van der Waals surface area contributed by atoms with Crippen LogP contribution in [0.1, 0.15) is 36.3 Å². The molecular weight excluding hydrogens is 448 g/mol. The Labute approximate surface area is 204 Å². The van der Waals surface area contributed by atoms with Crippen LogP contribution in [0.3, 0.4) is 0 Å².